The highest BCUT2D eigenvalue weighted by atomic mass is 16.3. The maximum Gasteiger partial charge on any atom is 0.0931 e. The normalized spacial score (nSPS) is 20.2. The minimum atomic E-state index is 0.107. The van der Waals surface area contributed by atoms with Gasteiger partial charge in [-0.2, -0.15) is 0 Å². The minimum absolute atomic E-state index is 0.107. The third kappa shape index (κ3) is 2.46. The van der Waals surface area contributed by atoms with Crippen LogP contribution in [0.25, 0.3) is 0 Å². The second kappa shape index (κ2) is 4.24. The Kier molecular flexibility index (Phi) is 3.53. The molecule has 2 heteroatoms. The summed E-state index contributed by atoms with van der Waals surface area (Å²) in [6.45, 7) is 5.64. The Balaban J connectivity index is 2.34. The van der Waals surface area contributed by atoms with Crippen molar-refractivity contribution in [3.05, 3.63) is 0 Å². The van der Waals surface area contributed by atoms with Crippen LogP contribution < -0.4 is 5.32 Å². The molecule has 0 unspecified atom stereocenters. The minimum Gasteiger partial charge on any atom is -0.381 e. The van der Waals surface area contributed by atoms with E-state index in [9.17, 15) is 0 Å². The molecule has 0 bridgehead atoms. The van der Waals surface area contributed by atoms with Crippen molar-refractivity contribution in [3.63, 3.8) is 0 Å². The number of hydrogen-bond donors (Lipinski definition) is 2. The summed E-state index contributed by atoms with van der Waals surface area (Å²) >= 11 is 0. The van der Waals surface area contributed by atoms with E-state index < -0.39 is 0 Å². The zero-order valence-electron chi connectivity index (χ0n) is 8.27. The van der Waals surface area contributed by atoms with Gasteiger partial charge in [0.2, 0.25) is 0 Å². The van der Waals surface area contributed by atoms with Gasteiger partial charge in [-0.1, -0.05) is 26.7 Å². The molecule has 2 nitrogen and oxygen atoms in total. The molecule has 0 aliphatic heterocycles. The molecule has 0 aromatic rings. The number of aliphatic hydroxyl groups excluding tert-OH is 1. The van der Waals surface area contributed by atoms with Crippen LogP contribution in [0.15, 0.2) is 0 Å². The van der Waals surface area contributed by atoms with Crippen molar-refractivity contribution in [2.24, 2.45) is 11.3 Å². The highest BCUT2D eigenvalue weighted by Gasteiger charge is 2.30. The van der Waals surface area contributed by atoms with Gasteiger partial charge in [0.25, 0.3) is 0 Å². The Labute approximate surface area is 75.4 Å². The van der Waals surface area contributed by atoms with Crippen LogP contribution in [-0.4, -0.2) is 18.4 Å². The summed E-state index contributed by atoms with van der Waals surface area (Å²) in [4.78, 5) is 0. The molecule has 0 aromatic carbocycles. The molecule has 1 fully saturated rings. The molecule has 0 heterocycles. The van der Waals surface area contributed by atoms with Gasteiger partial charge in [0.15, 0.2) is 0 Å². The van der Waals surface area contributed by atoms with E-state index in [4.69, 9.17) is 5.11 Å². The highest BCUT2D eigenvalue weighted by molar-refractivity contribution is 4.83. The standard InChI is InChI=1S/C10H21NO/c1-10(2,7-11-8-12)9-5-3-4-6-9/h9,11-12H,3-8H2,1-2H3. The maximum atomic E-state index is 8.66. The summed E-state index contributed by atoms with van der Waals surface area (Å²) < 4.78 is 0. The van der Waals surface area contributed by atoms with E-state index >= 15 is 0 Å². The molecule has 1 aliphatic rings. The fraction of sp³-hybridized carbons (Fsp3) is 1.00. The zero-order valence-corrected chi connectivity index (χ0v) is 8.27. The smallest absolute Gasteiger partial charge is 0.0931 e. The van der Waals surface area contributed by atoms with E-state index in [1.54, 1.807) is 0 Å². The van der Waals surface area contributed by atoms with Gasteiger partial charge < -0.3 is 5.11 Å². The molecule has 0 atom stereocenters. The third-order valence-corrected chi connectivity index (χ3v) is 3.15. The van der Waals surface area contributed by atoms with E-state index in [0.717, 1.165) is 12.5 Å². The van der Waals surface area contributed by atoms with Gasteiger partial charge in [0.1, 0.15) is 0 Å². The average Bonchev–Trinajstić information content (AvgIpc) is 2.53. The Bertz CT molecular complexity index is 128. The van der Waals surface area contributed by atoms with Crippen molar-refractivity contribution >= 4 is 0 Å². The van der Waals surface area contributed by atoms with Gasteiger partial charge in [-0.3, -0.25) is 5.32 Å². The molecule has 2 N–H and O–H groups in total. The van der Waals surface area contributed by atoms with Crippen LogP contribution in [-0.2, 0) is 0 Å². The Morgan fingerprint density at radius 1 is 1.33 bits per heavy atom. The van der Waals surface area contributed by atoms with Crippen molar-refractivity contribution in [1.82, 2.24) is 5.32 Å². The maximum absolute atomic E-state index is 8.66. The van der Waals surface area contributed by atoms with E-state index in [1.807, 2.05) is 0 Å². The van der Waals surface area contributed by atoms with E-state index in [-0.39, 0.29) is 6.73 Å². The van der Waals surface area contributed by atoms with Crippen molar-refractivity contribution in [3.8, 4) is 0 Å². The monoisotopic (exact) mass is 171 g/mol. The number of rotatable bonds is 4. The van der Waals surface area contributed by atoms with E-state index in [2.05, 4.69) is 19.2 Å². The summed E-state index contributed by atoms with van der Waals surface area (Å²) in [5, 5.41) is 11.7. The van der Waals surface area contributed by atoms with Crippen LogP contribution in [0.5, 0.6) is 0 Å². The quantitative estimate of drug-likeness (QED) is 0.631. The highest BCUT2D eigenvalue weighted by Crippen LogP contribution is 2.38. The first-order valence-electron chi connectivity index (χ1n) is 4.98. The third-order valence-electron chi connectivity index (χ3n) is 3.15. The molecule has 0 saturated heterocycles. The van der Waals surface area contributed by atoms with Crippen LogP contribution in [0.1, 0.15) is 39.5 Å². The van der Waals surface area contributed by atoms with Crippen LogP contribution in [0.4, 0.5) is 0 Å². The lowest BCUT2D eigenvalue weighted by atomic mass is 9.78. The van der Waals surface area contributed by atoms with Crippen molar-refractivity contribution < 1.29 is 5.11 Å². The lowest BCUT2D eigenvalue weighted by Gasteiger charge is -2.31. The van der Waals surface area contributed by atoms with Gasteiger partial charge in [0, 0.05) is 6.54 Å². The van der Waals surface area contributed by atoms with E-state index in [1.165, 1.54) is 25.7 Å². The molecule has 1 aliphatic carbocycles. The summed E-state index contributed by atoms with van der Waals surface area (Å²) in [5.41, 5.74) is 0.360. The van der Waals surface area contributed by atoms with Gasteiger partial charge in [-0.25, -0.2) is 0 Å². The van der Waals surface area contributed by atoms with Gasteiger partial charge in [-0.15, -0.1) is 0 Å². The average molecular weight is 171 g/mol. The van der Waals surface area contributed by atoms with Gasteiger partial charge in [0.05, 0.1) is 6.73 Å². The largest absolute Gasteiger partial charge is 0.381 e. The Morgan fingerprint density at radius 2 is 1.92 bits per heavy atom. The molecule has 0 amide bonds. The molecule has 72 valence electrons. The summed E-state index contributed by atoms with van der Waals surface area (Å²) in [6.07, 6.45) is 5.54. The molecular weight excluding hydrogens is 150 g/mol. The molecule has 0 radical (unpaired) electrons. The summed E-state index contributed by atoms with van der Waals surface area (Å²) in [7, 11) is 0. The number of nitrogens with one attached hydrogen (secondary N) is 1. The molecule has 1 rings (SSSR count). The van der Waals surface area contributed by atoms with Gasteiger partial charge >= 0.3 is 0 Å². The lowest BCUT2D eigenvalue weighted by molar-refractivity contribution is 0.174. The Hall–Kier alpha value is -0.0800. The second-order valence-corrected chi connectivity index (χ2v) is 4.55. The van der Waals surface area contributed by atoms with Crippen LogP contribution in [0, 0.1) is 11.3 Å². The molecule has 0 spiro atoms. The molecule has 1 saturated carbocycles. The topological polar surface area (TPSA) is 32.3 Å². The number of hydrogen-bond acceptors (Lipinski definition) is 2. The van der Waals surface area contributed by atoms with Crippen LogP contribution in [0.3, 0.4) is 0 Å². The van der Waals surface area contributed by atoms with Gasteiger partial charge in [-0.05, 0) is 24.2 Å². The molecule has 0 aromatic heterocycles. The summed E-state index contributed by atoms with van der Waals surface area (Å²) in [5.74, 6) is 0.858. The summed E-state index contributed by atoms with van der Waals surface area (Å²) in [6, 6.07) is 0. The fourth-order valence-corrected chi connectivity index (χ4v) is 2.23. The van der Waals surface area contributed by atoms with E-state index in [0.29, 0.717) is 5.41 Å². The van der Waals surface area contributed by atoms with Crippen molar-refractivity contribution in [2.75, 3.05) is 13.3 Å². The second-order valence-electron chi connectivity index (χ2n) is 4.55. The zero-order chi connectivity index (χ0) is 9.03. The van der Waals surface area contributed by atoms with Crippen LogP contribution in [0.2, 0.25) is 0 Å². The SMILES string of the molecule is CC(C)(CNCO)C1CCCC1. The van der Waals surface area contributed by atoms with Crippen LogP contribution >= 0.6 is 0 Å². The lowest BCUT2D eigenvalue weighted by Crippen LogP contribution is -2.35. The first-order valence-corrected chi connectivity index (χ1v) is 4.98. The fourth-order valence-electron chi connectivity index (χ4n) is 2.23. The number of aliphatic hydroxyl groups is 1. The molecule has 12 heavy (non-hydrogen) atoms. The van der Waals surface area contributed by atoms with Crippen molar-refractivity contribution in [1.29, 1.82) is 0 Å². The first kappa shape index (κ1) is 10.0. The Morgan fingerprint density at radius 3 is 2.42 bits per heavy atom. The first-order chi connectivity index (χ1) is 5.67. The molecular formula is C10H21NO. The predicted molar refractivity (Wildman–Crippen MR) is 50.8 cm³/mol. The van der Waals surface area contributed by atoms with Crippen molar-refractivity contribution in [2.45, 2.75) is 39.5 Å². The predicted octanol–water partition coefficient (Wildman–Crippen LogP) is 1.74.